The van der Waals surface area contributed by atoms with Crippen LogP contribution in [0.1, 0.15) is 33.3 Å². The van der Waals surface area contributed by atoms with E-state index in [2.05, 4.69) is 0 Å². The molecule has 2 fully saturated rings. The zero-order valence-corrected chi connectivity index (χ0v) is 16.0. The minimum absolute atomic E-state index is 0.200. The summed E-state index contributed by atoms with van der Waals surface area (Å²) in [6.07, 6.45) is 0. The fourth-order valence-corrected chi connectivity index (χ4v) is 3.12. The number of carboxylic acids is 1. The van der Waals surface area contributed by atoms with Gasteiger partial charge in [-0.2, -0.15) is 0 Å². The molecule has 0 saturated carbocycles. The Balaban J connectivity index is 1.88. The van der Waals surface area contributed by atoms with Crippen LogP contribution in [0.15, 0.2) is 30.0 Å². The molecule has 5 nitrogen and oxygen atoms in total. The first-order valence-electron chi connectivity index (χ1n) is 8.95. The van der Waals surface area contributed by atoms with Crippen molar-refractivity contribution in [3.05, 3.63) is 41.4 Å². The van der Waals surface area contributed by atoms with E-state index in [4.69, 9.17) is 14.4 Å². The fraction of sp³-hybridized carbons (Fsp3) is 0.526. The van der Waals surface area contributed by atoms with Gasteiger partial charge in [-0.05, 0) is 45.4 Å². The molecule has 0 radical (unpaired) electrons. The standard InChI is InChI=1S/C19H24BF2NO4/c1-18(2)19(3,4)27-20(26-18)16(22)15(12-5-7-14(21)8-6-12)11-23-9-13(10-23)17(24)25/h5-8,13H,9-11H2,1-4H3,(H,24,25). The maximum absolute atomic E-state index is 15.4. The third-order valence-electron chi connectivity index (χ3n) is 5.63. The number of likely N-dealkylation sites (tertiary alicyclic amines) is 1. The second-order valence-electron chi connectivity index (χ2n) is 8.15. The Morgan fingerprint density at radius 1 is 1.19 bits per heavy atom. The lowest BCUT2D eigenvalue weighted by Crippen LogP contribution is -2.50. The van der Waals surface area contributed by atoms with E-state index in [1.54, 1.807) is 0 Å². The molecule has 0 aliphatic carbocycles. The molecule has 2 saturated heterocycles. The molecule has 2 heterocycles. The van der Waals surface area contributed by atoms with Crippen molar-refractivity contribution in [1.82, 2.24) is 4.90 Å². The molecule has 0 atom stereocenters. The van der Waals surface area contributed by atoms with Crippen molar-refractivity contribution in [1.29, 1.82) is 0 Å². The summed E-state index contributed by atoms with van der Waals surface area (Å²) in [6.45, 7) is 8.24. The van der Waals surface area contributed by atoms with E-state index in [1.807, 2.05) is 32.6 Å². The van der Waals surface area contributed by atoms with E-state index >= 15 is 4.39 Å². The number of hydrogen-bond donors (Lipinski definition) is 1. The Morgan fingerprint density at radius 2 is 1.70 bits per heavy atom. The number of halogens is 2. The topological polar surface area (TPSA) is 59.0 Å². The van der Waals surface area contributed by atoms with E-state index < -0.39 is 41.8 Å². The predicted octanol–water partition coefficient (Wildman–Crippen LogP) is 3.15. The molecule has 1 aromatic carbocycles. The lowest BCUT2D eigenvalue weighted by molar-refractivity contribution is -0.147. The molecule has 0 amide bonds. The van der Waals surface area contributed by atoms with E-state index in [1.165, 1.54) is 24.3 Å². The number of hydrogen-bond acceptors (Lipinski definition) is 4. The second-order valence-corrected chi connectivity index (χ2v) is 8.15. The molecule has 2 aliphatic rings. The van der Waals surface area contributed by atoms with Crippen molar-refractivity contribution in [3.8, 4) is 0 Å². The van der Waals surface area contributed by atoms with E-state index in [0.29, 0.717) is 24.2 Å². The maximum atomic E-state index is 15.4. The highest BCUT2D eigenvalue weighted by molar-refractivity contribution is 6.55. The smallest absolute Gasteiger partial charge is 0.481 e. The number of carboxylic acid groups (broad SMARTS) is 1. The van der Waals surface area contributed by atoms with Crippen LogP contribution >= 0.6 is 0 Å². The molecule has 0 bridgehead atoms. The molecule has 146 valence electrons. The van der Waals surface area contributed by atoms with Crippen LogP contribution in [0, 0.1) is 11.7 Å². The van der Waals surface area contributed by atoms with Crippen LogP contribution in [-0.4, -0.2) is 53.9 Å². The van der Waals surface area contributed by atoms with E-state index in [0.717, 1.165) is 0 Å². The van der Waals surface area contributed by atoms with Crippen LogP contribution in [0.4, 0.5) is 8.78 Å². The molecular weight excluding hydrogens is 355 g/mol. The SMILES string of the molecule is CC1(C)OB(C(F)=C(CN2CC(C(=O)O)C2)c2ccc(F)cc2)OC1(C)C. The molecule has 0 unspecified atom stereocenters. The van der Waals surface area contributed by atoms with Crippen LogP contribution in [0.2, 0.25) is 0 Å². The monoisotopic (exact) mass is 379 g/mol. The highest BCUT2D eigenvalue weighted by Crippen LogP contribution is 2.40. The van der Waals surface area contributed by atoms with Gasteiger partial charge in [0.15, 0.2) is 0 Å². The van der Waals surface area contributed by atoms with Gasteiger partial charge in [-0.3, -0.25) is 9.69 Å². The molecule has 1 aromatic rings. The first-order chi connectivity index (χ1) is 12.5. The highest BCUT2D eigenvalue weighted by Gasteiger charge is 2.53. The first kappa shape index (κ1) is 20.0. The molecule has 0 spiro atoms. The van der Waals surface area contributed by atoms with Crippen LogP contribution < -0.4 is 0 Å². The summed E-state index contributed by atoms with van der Waals surface area (Å²) in [5.74, 6) is -1.71. The summed E-state index contributed by atoms with van der Waals surface area (Å²) < 4.78 is 40.3. The Bertz CT molecular complexity index is 741. The molecule has 27 heavy (non-hydrogen) atoms. The predicted molar refractivity (Wildman–Crippen MR) is 98.1 cm³/mol. The van der Waals surface area contributed by atoms with Crippen LogP contribution in [0.5, 0.6) is 0 Å². The van der Waals surface area contributed by atoms with Crippen molar-refractivity contribution in [2.45, 2.75) is 38.9 Å². The fourth-order valence-electron chi connectivity index (χ4n) is 3.12. The molecule has 2 aliphatic heterocycles. The zero-order chi connectivity index (χ0) is 20.0. The van der Waals surface area contributed by atoms with Gasteiger partial charge in [0.1, 0.15) is 11.5 Å². The summed E-state index contributed by atoms with van der Waals surface area (Å²) in [5.41, 5.74) is -1.11. The summed E-state index contributed by atoms with van der Waals surface area (Å²) in [6, 6.07) is 5.54. The Morgan fingerprint density at radius 3 is 2.19 bits per heavy atom. The van der Waals surface area contributed by atoms with Crippen LogP contribution in [0.25, 0.3) is 5.57 Å². The summed E-state index contributed by atoms with van der Waals surface area (Å²) in [7, 11) is -1.16. The third kappa shape index (κ3) is 3.93. The number of carbonyl (C=O) groups is 1. The minimum atomic E-state index is -1.16. The Labute approximate surface area is 158 Å². The first-order valence-corrected chi connectivity index (χ1v) is 8.95. The van der Waals surface area contributed by atoms with Crippen molar-refractivity contribution in [3.63, 3.8) is 0 Å². The van der Waals surface area contributed by atoms with Crippen molar-refractivity contribution >= 4 is 18.7 Å². The summed E-state index contributed by atoms with van der Waals surface area (Å²) >= 11 is 0. The average Bonchev–Trinajstić information content (AvgIpc) is 2.74. The normalized spacial score (nSPS) is 23.1. The maximum Gasteiger partial charge on any atom is 0.525 e. The van der Waals surface area contributed by atoms with Gasteiger partial charge in [-0.15, -0.1) is 0 Å². The van der Waals surface area contributed by atoms with Crippen LogP contribution in [-0.2, 0) is 14.1 Å². The lowest BCUT2D eigenvalue weighted by atomic mass is 9.82. The largest absolute Gasteiger partial charge is 0.525 e. The van der Waals surface area contributed by atoms with E-state index in [9.17, 15) is 9.18 Å². The van der Waals surface area contributed by atoms with Crippen molar-refractivity contribution in [2.75, 3.05) is 19.6 Å². The lowest BCUT2D eigenvalue weighted by Gasteiger charge is -2.37. The van der Waals surface area contributed by atoms with Gasteiger partial charge in [0.05, 0.1) is 17.1 Å². The van der Waals surface area contributed by atoms with Gasteiger partial charge in [-0.25, -0.2) is 8.78 Å². The highest BCUT2D eigenvalue weighted by atomic mass is 19.1. The van der Waals surface area contributed by atoms with Gasteiger partial charge in [0, 0.05) is 25.2 Å². The second kappa shape index (κ2) is 7.00. The number of rotatable bonds is 5. The molecule has 1 N–H and O–H groups in total. The average molecular weight is 379 g/mol. The third-order valence-corrected chi connectivity index (χ3v) is 5.63. The summed E-state index contributed by atoms with van der Waals surface area (Å²) in [5, 5.41) is 9.04. The molecule has 8 heteroatoms. The van der Waals surface area contributed by atoms with Gasteiger partial charge in [0.2, 0.25) is 0 Å². The van der Waals surface area contributed by atoms with Gasteiger partial charge < -0.3 is 14.4 Å². The van der Waals surface area contributed by atoms with Crippen molar-refractivity contribution < 1.29 is 28.0 Å². The van der Waals surface area contributed by atoms with Gasteiger partial charge in [0.25, 0.3) is 0 Å². The molecule has 3 rings (SSSR count). The van der Waals surface area contributed by atoms with E-state index in [-0.39, 0.29) is 6.54 Å². The van der Waals surface area contributed by atoms with Crippen molar-refractivity contribution in [2.24, 2.45) is 5.92 Å². The van der Waals surface area contributed by atoms with Gasteiger partial charge >= 0.3 is 13.1 Å². The number of aliphatic carboxylic acids is 1. The van der Waals surface area contributed by atoms with Gasteiger partial charge in [-0.1, -0.05) is 12.1 Å². The quantitative estimate of drug-likeness (QED) is 0.797. The minimum Gasteiger partial charge on any atom is -0.481 e. The Kier molecular flexibility index (Phi) is 5.18. The zero-order valence-electron chi connectivity index (χ0n) is 16.0. The number of nitrogens with zero attached hydrogens (tertiary/aromatic N) is 1. The Hall–Kier alpha value is -1.77. The molecular formula is C19H24BF2NO4. The van der Waals surface area contributed by atoms with Crippen LogP contribution in [0.3, 0.4) is 0 Å². The summed E-state index contributed by atoms with van der Waals surface area (Å²) in [4.78, 5) is 12.8. The molecule has 0 aromatic heterocycles. The number of benzene rings is 1.